The van der Waals surface area contributed by atoms with Crippen molar-refractivity contribution in [3.05, 3.63) is 65.5 Å². The topological polar surface area (TPSA) is 149 Å². The number of benzene rings is 2. The molecule has 3 atom stereocenters. The van der Waals surface area contributed by atoms with Crippen LogP contribution in [0.1, 0.15) is 35.7 Å². The highest BCUT2D eigenvalue weighted by Crippen LogP contribution is 2.31. The van der Waals surface area contributed by atoms with Gasteiger partial charge in [-0.1, -0.05) is 30.3 Å². The number of hydrogen-bond donors (Lipinski definition) is 4. The van der Waals surface area contributed by atoms with E-state index in [2.05, 4.69) is 21.1 Å². The smallest absolute Gasteiger partial charge is 0.323 e. The van der Waals surface area contributed by atoms with Gasteiger partial charge < -0.3 is 40.1 Å². The molecule has 0 aliphatic carbocycles. The quantitative estimate of drug-likeness (QED) is 0.334. The molecule has 0 radical (unpaired) electrons. The maximum atomic E-state index is 13.7. The zero-order chi connectivity index (χ0) is 29.7. The van der Waals surface area contributed by atoms with Crippen LogP contribution in [0.5, 0.6) is 5.75 Å². The monoisotopic (exact) mass is 564 g/mol. The summed E-state index contributed by atoms with van der Waals surface area (Å²) in [5.41, 5.74) is 2.28. The predicted molar refractivity (Wildman–Crippen MR) is 154 cm³/mol. The predicted octanol–water partition coefficient (Wildman–Crippen LogP) is 4.32. The fraction of sp³-hybridized carbons (Fsp3) is 0.379. The number of nitrogens with zero attached hydrogens (tertiary/aromatic N) is 3. The van der Waals surface area contributed by atoms with Gasteiger partial charge in [-0.25, -0.2) is 9.59 Å². The molecule has 4 rings (SSSR count). The van der Waals surface area contributed by atoms with E-state index in [4.69, 9.17) is 9.26 Å². The number of aliphatic hydroxyl groups is 1. The van der Waals surface area contributed by atoms with Crippen LogP contribution >= 0.6 is 0 Å². The van der Waals surface area contributed by atoms with Crippen molar-refractivity contribution in [1.82, 2.24) is 15.0 Å². The van der Waals surface area contributed by atoms with Crippen molar-refractivity contribution in [3.8, 4) is 5.75 Å². The van der Waals surface area contributed by atoms with Crippen molar-refractivity contribution in [3.63, 3.8) is 0 Å². The van der Waals surface area contributed by atoms with E-state index in [-0.39, 0.29) is 36.6 Å². The first-order chi connectivity index (χ1) is 19.6. The molecule has 2 heterocycles. The van der Waals surface area contributed by atoms with Gasteiger partial charge in [0.25, 0.3) is 5.91 Å². The molecule has 4 N–H and O–H groups in total. The number of ether oxygens (including phenoxy) is 1. The van der Waals surface area contributed by atoms with E-state index in [9.17, 15) is 19.5 Å². The fourth-order valence-electron chi connectivity index (χ4n) is 4.55. The minimum absolute atomic E-state index is 0.174. The van der Waals surface area contributed by atoms with Crippen LogP contribution < -0.4 is 20.7 Å². The van der Waals surface area contributed by atoms with Crippen molar-refractivity contribution < 1.29 is 28.8 Å². The molecule has 0 saturated heterocycles. The molecule has 12 heteroatoms. The number of likely N-dealkylation sites (N-methyl/N-ethyl adjacent to an activating group) is 1. The van der Waals surface area contributed by atoms with Crippen molar-refractivity contribution >= 4 is 35.0 Å². The number of anilines is 3. The highest BCUT2D eigenvalue weighted by molar-refractivity contribution is 6.03. The number of carbonyl (C=O) groups is 3. The molecule has 0 fully saturated rings. The summed E-state index contributed by atoms with van der Waals surface area (Å²) >= 11 is 0. The van der Waals surface area contributed by atoms with Crippen LogP contribution in [0.4, 0.5) is 26.7 Å². The molecule has 0 unspecified atom stereocenters. The van der Waals surface area contributed by atoms with Crippen molar-refractivity contribution in [1.29, 1.82) is 0 Å². The summed E-state index contributed by atoms with van der Waals surface area (Å²) in [6.45, 7) is 7.42. The molecule has 5 amide bonds. The third-order valence-electron chi connectivity index (χ3n) is 7.02. The third-order valence-corrected chi connectivity index (χ3v) is 7.02. The summed E-state index contributed by atoms with van der Waals surface area (Å²) in [4.78, 5) is 42.4. The number of hydrogen-bond acceptors (Lipinski definition) is 7. The summed E-state index contributed by atoms with van der Waals surface area (Å²) in [5.74, 6) is 0.273. The molecule has 0 saturated carbocycles. The number of aliphatic hydroxyl groups excluding tert-OH is 1. The van der Waals surface area contributed by atoms with Gasteiger partial charge in [0.2, 0.25) is 0 Å². The number of rotatable bonds is 7. The molecular weight excluding hydrogens is 528 g/mol. The van der Waals surface area contributed by atoms with Gasteiger partial charge in [-0.15, -0.1) is 0 Å². The molecule has 2 aromatic carbocycles. The third kappa shape index (κ3) is 6.95. The normalized spacial score (nSPS) is 17.4. The number of para-hydroxylation sites is 1. The number of fused-ring (bicyclic) bond motifs is 1. The first kappa shape index (κ1) is 29.4. The second kappa shape index (κ2) is 12.7. The lowest BCUT2D eigenvalue weighted by atomic mass is 9.99. The molecule has 12 nitrogen and oxygen atoms in total. The van der Waals surface area contributed by atoms with Gasteiger partial charge in [0.15, 0.2) is 5.76 Å². The van der Waals surface area contributed by atoms with Crippen LogP contribution in [0, 0.1) is 19.8 Å². The van der Waals surface area contributed by atoms with Crippen LogP contribution in [0.15, 0.2) is 53.1 Å². The summed E-state index contributed by atoms with van der Waals surface area (Å²) < 4.78 is 11.4. The zero-order valence-corrected chi connectivity index (χ0v) is 23.8. The molecule has 1 aliphatic heterocycles. The molecule has 1 aromatic heterocycles. The zero-order valence-electron chi connectivity index (χ0n) is 23.8. The second-order valence-corrected chi connectivity index (χ2v) is 10.3. The van der Waals surface area contributed by atoms with Crippen molar-refractivity contribution in [2.75, 3.05) is 42.7 Å². The highest BCUT2D eigenvalue weighted by atomic mass is 16.5. The Labute approximate surface area is 238 Å². The maximum absolute atomic E-state index is 13.7. The summed E-state index contributed by atoms with van der Waals surface area (Å²) in [5, 5.41) is 22.0. The van der Waals surface area contributed by atoms with Crippen molar-refractivity contribution in [2.45, 2.75) is 39.8 Å². The van der Waals surface area contributed by atoms with E-state index >= 15 is 0 Å². The van der Waals surface area contributed by atoms with Gasteiger partial charge in [0.1, 0.15) is 23.2 Å². The standard InChI is InChI=1S/C29H36N6O6/c1-17-14-35(18(2)16-36)27(37)23-13-22(30-28(38)32-26-19(3)33-41-20(26)4)11-12-24(23)40-25(17)15-34(5)29(39)31-21-9-7-6-8-10-21/h6-13,17-18,25,36H,14-16H2,1-5H3,(H,31,39)(H2,30,32,38)/t17-,18+,25+/m1/s1. The van der Waals surface area contributed by atoms with E-state index < -0.39 is 18.2 Å². The Morgan fingerprint density at radius 3 is 2.51 bits per heavy atom. The molecule has 218 valence electrons. The van der Waals surface area contributed by atoms with Gasteiger partial charge in [-0.2, -0.15) is 0 Å². The number of aromatic nitrogens is 1. The Morgan fingerprint density at radius 2 is 1.85 bits per heavy atom. The van der Waals surface area contributed by atoms with Crippen LogP contribution in [0.2, 0.25) is 0 Å². The van der Waals surface area contributed by atoms with E-state index in [1.807, 2.05) is 25.1 Å². The summed E-state index contributed by atoms with van der Waals surface area (Å²) in [6, 6.07) is 12.7. The van der Waals surface area contributed by atoms with Gasteiger partial charge in [0, 0.05) is 30.9 Å². The van der Waals surface area contributed by atoms with Crippen LogP contribution in [0.3, 0.4) is 0 Å². The van der Waals surface area contributed by atoms with Crippen molar-refractivity contribution in [2.24, 2.45) is 5.92 Å². The second-order valence-electron chi connectivity index (χ2n) is 10.3. The van der Waals surface area contributed by atoms with E-state index in [1.165, 1.54) is 4.90 Å². The molecule has 41 heavy (non-hydrogen) atoms. The number of amides is 5. The van der Waals surface area contributed by atoms with Gasteiger partial charge >= 0.3 is 12.1 Å². The van der Waals surface area contributed by atoms with Gasteiger partial charge in [-0.3, -0.25) is 4.79 Å². The average Bonchev–Trinajstić information content (AvgIpc) is 3.27. The Hall–Kier alpha value is -4.58. The Balaban J connectivity index is 1.56. The minimum atomic E-state index is -0.531. The number of nitrogens with one attached hydrogen (secondary N) is 3. The number of carbonyl (C=O) groups excluding carboxylic acids is 3. The molecule has 0 bridgehead atoms. The minimum Gasteiger partial charge on any atom is -0.487 e. The lowest BCUT2D eigenvalue weighted by molar-refractivity contribution is 0.0371. The summed E-state index contributed by atoms with van der Waals surface area (Å²) in [7, 11) is 1.68. The van der Waals surface area contributed by atoms with Gasteiger partial charge in [0.05, 0.1) is 24.8 Å². The Bertz CT molecular complexity index is 1370. The average molecular weight is 565 g/mol. The van der Waals surface area contributed by atoms with E-state index in [0.717, 1.165) is 0 Å². The maximum Gasteiger partial charge on any atom is 0.323 e. The highest BCUT2D eigenvalue weighted by Gasteiger charge is 2.34. The van der Waals surface area contributed by atoms with Gasteiger partial charge in [-0.05, 0) is 51.1 Å². The number of aryl methyl sites for hydroxylation is 2. The lowest BCUT2D eigenvalue weighted by Crippen LogP contribution is -2.50. The number of urea groups is 2. The summed E-state index contributed by atoms with van der Waals surface area (Å²) in [6.07, 6.45) is -0.469. The SMILES string of the molecule is Cc1noc(C)c1NC(=O)Nc1ccc2c(c1)C(=O)N([C@@H](C)CO)C[C@@H](C)[C@H](CN(C)C(=O)Nc1ccccc1)O2. The fourth-order valence-corrected chi connectivity index (χ4v) is 4.55. The largest absolute Gasteiger partial charge is 0.487 e. The molecule has 3 aromatic rings. The lowest BCUT2D eigenvalue weighted by Gasteiger charge is -2.38. The molecule has 1 aliphatic rings. The van der Waals surface area contributed by atoms with Crippen LogP contribution in [-0.2, 0) is 0 Å². The van der Waals surface area contributed by atoms with E-state index in [0.29, 0.717) is 40.8 Å². The first-order valence-electron chi connectivity index (χ1n) is 13.4. The molecule has 0 spiro atoms. The molecular formula is C29H36N6O6. The first-order valence-corrected chi connectivity index (χ1v) is 13.4. The van der Waals surface area contributed by atoms with Crippen LogP contribution in [0.25, 0.3) is 0 Å². The Kier molecular flexibility index (Phi) is 9.13. The van der Waals surface area contributed by atoms with Crippen LogP contribution in [-0.4, -0.2) is 76.9 Å². The Morgan fingerprint density at radius 1 is 1.12 bits per heavy atom. The van der Waals surface area contributed by atoms with E-state index in [1.54, 1.807) is 63.1 Å².